The molecule has 4 nitrogen and oxygen atoms in total. The van der Waals surface area contributed by atoms with Crippen LogP contribution in [-0.2, 0) is 6.54 Å². The number of likely N-dealkylation sites (tertiary alicyclic amines) is 1. The first-order valence-corrected chi connectivity index (χ1v) is 9.97. The van der Waals surface area contributed by atoms with Crippen molar-refractivity contribution in [1.82, 2.24) is 15.1 Å². The van der Waals surface area contributed by atoms with Gasteiger partial charge in [0.2, 0.25) is 0 Å². The van der Waals surface area contributed by atoms with Gasteiger partial charge in [-0.2, -0.15) is 0 Å². The van der Waals surface area contributed by atoms with Gasteiger partial charge in [0, 0.05) is 31.7 Å². The largest absolute Gasteiger partial charge is 0.339 e. The Morgan fingerprint density at radius 2 is 1.88 bits per heavy atom. The number of rotatable bonds is 6. The van der Waals surface area contributed by atoms with E-state index in [1.807, 2.05) is 17.0 Å². The summed E-state index contributed by atoms with van der Waals surface area (Å²) in [5.41, 5.74) is 2.59. The maximum absolute atomic E-state index is 12.8. The fraction of sp³-hybridized carbons (Fsp3) is 0.667. The summed E-state index contributed by atoms with van der Waals surface area (Å²) in [7, 11) is 0. The number of carbonyl (C=O) groups excluding carboxylic acids is 1. The predicted octanol–water partition coefficient (Wildman–Crippen LogP) is 3.13. The molecule has 0 saturated carbocycles. The molecule has 138 valence electrons. The molecule has 1 N–H and O–H groups in total. The van der Waals surface area contributed by atoms with Crippen molar-refractivity contribution in [3.63, 3.8) is 0 Å². The van der Waals surface area contributed by atoms with Crippen molar-refractivity contribution in [2.45, 2.75) is 46.1 Å². The molecule has 0 radical (unpaired) electrons. The van der Waals surface area contributed by atoms with E-state index in [1.54, 1.807) is 0 Å². The second-order valence-electron chi connectivity index (χ2n) is 7.78. The SMILES string of the molecule is CCCN(CC)Cc1ccc(C(=O)N2CCC3(CCNC3)CC2)cc1. The number of amides is 1. The van der Waals surface area contributed by atoms with Crippen LogP contribution >= 0.6 is 0 Å². The van der Waals surface area contributed by atoms with E-state index < -0.39 is 0 Å². The van der Waals surface area contributed by atoms with E-state index in [0.717, 1.165) is 64.2 Å². The third-order valence-electron chi connectivity index (χ3n) is 6.04. The summed E-state index contributed by atoms with van der Waals surface area (Å²) in [5.74, 6) is 0.202. The van der Waals surface area contributed by atoms with Crippen molar-refractivity contribution in [1.29, 1.82) is 0 Å². The van der Waals surface area contributed by atoms with E-state index >= 15 is 0 Å². The Hall–Kier alpha value is -1.39. The number of nitrogens with zero attached hydrogens (tertiary/aromatic N) is 2. The quantitative estimate of drug-likeness (QED) is 0.862. The highest BCUT2D eigenvalue weighted by Gasteiger charge is 2.38. The van der Waals surface area contributed by atoms with Crippen LogP contribution in [0, 0.1) is 5.41 Å². The molecule has 0 bridgehead atoms. The molecule has 4 heteroatoms. The van der Waals surface area contributed by atoms with E-state index in [0.29, 0.717) is 5.41 Å². The molecule has 0 aliphatic carbocycles. The lowest BCUT2D eigenvalue weighted by Crippen LogP contribution is -2.44. The highest BCUT2D eigenvalue weighted by Crippen LogP contribution is 2.37. The molecule has 2 aliphatic rings. The Bertz CT molecular complexity index is 553. The number of carbonyl (C=O) groups is 1. The zero-order chi connectivity index (χ0) is 17.7. The average molecular weight is 344 g/mol. The molecule has 0 atom stereocenters. The maximum atomic E-state index is 12.8. The fourth-order valence-electron chi connectivity index (χ4n) is 4.27. The molecule has 1 aromatic rings. The Labute approximate surface area is 152 Å². The van der Waals surface area contributed by atoms with Crippen LogP contribution in [0.5, 0.6) is 0 Å². The van der Waals surface area contributed by atoms with Crippen LogP contribution in [0.25, 0.3) is 0 Å². The van der Waals surface area contributed by atoms with Crippen LogP contribution in [0.4, 0.5) is 0 Å². The summed E-state index contributed by atoms with van der Waals surface area (Å²) in [6, 6.07) is 8.27. The summed E-state index contributed by atoms with van der Waals surface area (Å²) < 4.78 is 0. The summed E-state index contributed by atoms with van der Waals surface area (Å²) in [4.78, 5) is 17.3. The van der Waals surface area contributed by atoms with Crippen LogP contribution < -0.4 is 5.32 Å². The lowest BCUT2D eigenvalue weighted by molar-refractivity contribution is 0.0607. The van der Waals surface area contributed by atoms with Gasteiger partial charge in [0.15, 0.2) is 0 Å². The smallest absolute Gasteiger partial charge is 0.253 e. The van der Waals surface area contributed by atoms with E-state index in [-0.39, 0.29) is 5.91 Å². The van der Waals surface area contributed by atoms with Gasteiger partial charge in [0.25, 0.3) is 5.91 Å². The Morgan fingerprint density at radius 1 is 1.16 bits per heavy atom. The van der Waals surface area contributed by atoms with Gasteiger partial charge in [-0.3, -0.25) is 9.69 Å². The summed E-state index contributed by atoms with van der Waals surface area (Å²) >= 11 is 0. The Morgan fingerprint density at radius 3 is 2.44 bits per heavy atom. The minimum atomic E-state index is 0.202. The van der Waals surface area contributed by atoms with Gasteiger partial charge in [-0.05, 0) is 68.4 Å². The first-order chi connectivity index (χ1) is 12.2. The summed E-state index contributed by atoms with van der Waals surface area (Å²) in [6.07, 6.45) is 4.74. The zero-order valence-electron chi connectivity index (χ0n) is 15.9. The molecule has 25 heavy (non-hydrogen) atoms. The number of hydrogen-bond donors (Lipinski definition) is 1. The standard InChI is InChI=1S/C21H33N3O/c1-3-13-23(4-2)16-18-5-7-19(8-6-18)20(25)24-14-10-21(11-15-24)9-12-22-17-21/h5-8,22H,3-4,9-17H2,1-2H3. The first-order valence-electron chi connectivity index (χ1n) is 9.97. The molecule has 1 aromatic carbocycles. The molecule has 0 unspecified atom stereocenters. The Balaban J connectivity index is 1.56. The molecule has 2 saturated heterocycles. The fourth-order valence-corrected chi connectivity index (χ4v) is 4.27. The van der Waals surface area contributed by atoms with Crippen LogP contribution in [0.3, 0.4) is 0 Å². The van der Waals surface area contributed by atoms with Gasteiger partial charge in [-0.15, -0.1) is 0 Å². The topological polar surface area (TPSA) is 35.6 Å². The number of hydrogen-bond acceptors (Lipinski definition) is 3. The van der Waals surface area contributed by atoms with Gasteiger partial charge in [0.05, 0.1) is 0 Å². The molecule has 2 aliphatic heterocycles. The van der Waals surface area contributed by atoms with E-state index in [1.165, 1.54) is 18.4 Å². The van der Waals surface area contributed by atoms with Crippen LogP contribution in [0.1, 0.15) is 55.5 Å². The molecule has 2 fully saturated rings. The van der Waals surface area contributed by atoms with E-state index in [2.05, 4.69) is 36.2 Å². The lowest BCUT2D eigenvalue weighted by atomic mass is 9.78. The molecular formula is C21H33N3O. The van der Waals surface area contributed by atoms with Crippen LogP contribution in [0.2, 0.25) is 0 Å². The second kappa shape index (κ2) is 8.33. The van der Waals surface area contributed by atoms with Crippen LogP contribution in [0.15, 0.2) is 24.3 Å². The number of piperidine rings is 1. The first kappa shape index (κ1) is 18.4. The van der Waals surface area contributed by atoms with Gasteiger partial charge in [-0.25, -0.2) is 0 Å². The molecule has 0 aromatic heterocycles. The lowest BCUT2D eigenvalue weighted by Gasteiger charge is -2.38. The van der Waals surface area contributed by atoms with Gasteiger partial charge in [0.1, 0.15) is 0 Å². The van der Waals surface area contributed by atoms with Crippen LogP contribution in [-0.4, -0.2) is 55.0 Å². The Kier molecular flexibility index (Phi) is 6.13. The summed E-state index contributed by atoms with van der Waals surface area (Å²) in [6.45, 7) is 11.7. The maximum Gasteiger partial charge on any atom is 0.253 e. The van der Waals surface area contributed by atoms with Crippen molar-refractivity contribution in [2.75, 3.05) is 39.3 Å². The second-order valence-corrected chi connectivity index (χ2v) is 7.78. The van der Waals surface area contributed by atoms with Crippen molar-refractivity contribution in [2.24, 2.45) is 5.41 Å². The predicted molar refractivity (Wildman–Crippen MR) is 103 cm³/mol. The van der Waals surface area contributed by atoms with Crippen molar-refractivity contribution in [3.05, 3.63) is 35.4 Å². The van der Waals surface area contributed by atoms with Crippen molar-refractivity contribution in [3.8, 4) is 0 Å². The molecule has 1 amide bonds. The third kappa shape index (κ3) is 4.42. The van der Waals surface area contributed by atoms with Gasteiger partial charge in [-0.1, -0.05) is 26.0 Å². The molecular weight excluding hydrogens is 310 g/mol. The van der Waals surface area contributed by atoms with Gasteiger partial charge < -0.3 is 10.2 Å². The van der Waals surface area contributed by atoms with Crippen molar-refractivity contribution < 1.29 is 4.79 Å². The molecule has 1 spiro atoms. The normalized spacial score (nSPS) is 19.7. The highest BCUT2D eigenvalue weighted by molar-refractivity contribution is 5.94. The zero-order valence-corrected chi connectivity index (χ0v) is 15.9. The van der Waals surface area contributed by atoms with E-state index in [9.17, 15) is 4.79 Å². The monoisotopic (exact) mass is 343 g/mol. The summed E-state index contributed by atoms with van der Waals surface area (Å²) in [5, 5.41) is 3.49. The van der Waals surface area contributed by atoms with E-state index in [4.69, 9.17) is 0 Å². The number of nitrogens with one attached hydrogen (secondary N) is 1. The molecule has 2 heterocycles. The number of benzene rings is 1. The average Bonchev–Trinajstić information content (AvgIpc) is 3.10. The highest BCUT2D eigenvalue weighted by atomic mass is 16.2. The third-order valence-corrected chi connectivity index (χ3v) is 6.04. The minimum Gasteiger partial charge on any atom is -0.339 e. The minimum absolute atomic E-state index is 0.202. The van der Waals surface area contributed by atoms with Crippen molar-refractivity contribution >= 4 is 5.91 Å². The molecule has 3 rings (SSSR count). The van der Waals surface area contributed by atoms with Gasteiger partial charge >= 0.3 is 0 Å².